The monoisotopic (exact) mass is 697 g/mol. The van der Waals surface area contributed by atoms with E-state index < -0.39 is 74.3 Å². The Kier molecular flexibility index (Phi) is 10.6. The molecule has 5 rings (SSSR count). The molecular weight excluding hydrogens is 650 g/mol. The number of rotatable bonds is 6. The molecule has 3 heterocycles. The maximum atomic E-state index is 14.3. The van der Waals surface area contributed by atoms with Gasteiger partial charge in [-0.05, 0) is 77.8 Å². The number of nitrogens with one attached hydrogen (secondary N) is 3. The third-order valence-corrected chi connectivity index (χ3v) is 10.8. The summed E-state index contributed by atoms with van der Waals surface area (Å²) in [7, 11) is -3.98. The maximum absolute atomic E-state index is 14.3. The number of alkyl carbamates (subject to hydrolysis) is 1. The van der Waals surface area contributed by atoms with Gasteiger partial charge in [0.15, 0.2) is 0 Å². The normalized spacial score (nSPS) is 27.2. The summed E-state index contributed by atoms with van der Waals surface area (Å²) < 4.78 is 39.3. The van der Waals surface area contributed by atoms with Crippen LogP contribution in [0.15, 0.2) is 48.7 Å². The number of fused-ring (bicyclic) bond motifs is 3. The Bertz CT molecular complexity index is 1720. The van der Waals surface area contributed by atoms with Crippen LogP contribution in [-0.4, -0.2) is 83.2 Å². The highest BCUT2D eigenvalue weighted by Gasteiger charge is 2.61. The lowest BCUT2D eigenvalue weighted by molar-refractivity contribution is -0.141. The predicted molar refractivity (Wildman–Crippen MR) is 183 cm³/mol. The molecule has 0 unspecified atom stereocenters. The van der Waals surface area contributed by atoms with Gasteiger partial charge in [0.05, 0.1) is 11.8 Å². The number of carbonyl (C=O) groups excluding carboxylic acids is 4. The summed E-state index contributed by atoms with van der Waals surface area (Å²) in [6, 6.07) is 7.35. The molecule has 1 aliphatic carbocycles. The van der Waals surface area contributed by atoms with Crippen molar-refractivity contribution in [1.29, 1.82) is 0 Å². The van der Waals surface area contributed by atoms with Crippen molar-refractivity contribution in [3.63, 3.8) is 0 Å². The van der Waals surface area contributed by atoms with E-state index in [1.165, 1.54) is 18.7 Å². The molecule has 4 amide bonds. The Morgan fingerprint density at radius 2 is 1.86 bits per heavy atom. The van der Waals surface area contributed by atoms with Crippen molar-refractivity contribution < 1.29 is 37.1 Å². The topological polar surface area (TPSA) is 173 Å². The van der Waals surface area contributed by atoms with Crippen molar-refractivity contribution in [3.8, 4) is 5.88 Å². The van der Waals surface area contributed by atoms with Crippen LogP contribution in [0.1, 0.15) is 79.6 Å². The van der Waals surface area contributed by atoms with E-state index in [4.69, 9.17) is 9.47 Å². The van der Waals surface area contributed by atoms with Crippen LogP contribution >= 0.6 is 0 Å². The van der Waals surface area contributed by atoms with E-state index in [0.717, 1.165) is 23.6 Å². The van der Waals surface area contributed by atoms with E-state index in [-0.39, 0.29) is 19.4 Å². The second-order valence-corrected chi connectivity index (χ2v) is 16.6. The second kappa shape index (κ2) is 14.3. The number of nitrogens with zero attached hydrogens (tertiary/aromatic N) is 2. The quantitative estimate of drug-likeness (QED) is 0.380. The smallest absolute Gasteiger partial charge is 0.408 e. The van der Waals surface area contributed by atoms with Gasteiger partial charge < -0.3 is 25.0 Å². The average Bonchev–Trinajstić information content (AvgIpc) is 3.55. The molecule has 5 atom stereocenters. The highest BCUT2D eigenvalue weighted by molar-refractivity contribution is 7.90. The number of hydrogen-bond acceptors (Lipinski definition) is 9. The number of pyridine rings is 1. The molecular formula is C35H47N5O8S. The maximum Gasteiger partial charge on any atom is 0.408 e. The number of sulfonamides is 1. The van der Waals surface area contributed by atoms with Gasteiger partial charge in [-0.3, -0.25) is 19.1 Å². The van der Waals surface area contributed by atoms with Crippen molar-refractivity contribution in [2.24, 2.45) is 5.92 Å². The van der Waals surface area contributed by atoms with Crippen LogP contribution in [-0.2, 0) is 29.1 Å². The van der Waals surface area contributed by atoms with Crippen LogP contribution in [0.4, 0.5) is 4.79 Å². The molecule has 0 spiro atoms. The van der Waals surface area contributed by atoms with Gasteiger partial charge in [0.1, 0.15) is 29.3 Å². The Hall–Kier alpha value is -4.20. The summed E-state index contributed by atoms with van der Waals surface area (Å²) in [6.45, 7) is 8.12. The van der Waals surface area contributed by atoms with E-state index in [1.807, 2.05) is 42.5 Å². The number of allylic oxidation sites excluding steroid dienone is 1. The van der Waals surface area contributed by atoms with Gasteiger partial charge in [-0.2, -0.15) is 0 Å². The zero-order valence-corrected chi connectivity index (χ0v) is 29.5. The number of benzene rings is 1. The average molecular weight is 698 g/mol. The van der Waals surface area contributed by atoms with Crippen LogP contribution in [0.5, 0.6) is 5.88 Å². The van der Waals surface area contributed by atoms with Crippen LogP contribution in [0, 0.1) is 5.92 Å². The first-order valence-corrected chi connectivity index (χ1v) is 18.5. The number of amides is 4. The highest BCUT2D eigenvalue weighted by atomic mass is 32.2. The molecule has 0 bridgehead atoms. The third-order valence-electron chi connectivity index (χ3n) is 9.11. The van der Waals surface area contributed by atoms with Crippen molar-refractivity contribution >= 4 is 44.6 Å². The van der Waals surface area contributed by atoms with E-state index in [2.05, 4.69) is 20.3 Å². The van der Waals surface area contributed by atoms with Gasteiger partial charge in [0.2, 0.25) is 27.7 Å². The number of hydrogen-bond donors (Lipinski definition) is 3. The van der Waals surface area contributed by atoms with E-state index in [1.54, 1.807) is 27.0 Å². The number of carbonyl (C=O) groups is 4. The summed E-state index contributed by atoms with van der Waals surface area (Å²) >= 11 is 0. The fraction of sp³-hybridized carbons (Fsp3) is 0.571. The van der Waals surface area contributed by atoms with Crippen LogP contribution < -0.4 is 20.1 Å². The molecule has 2 aromatic rings. The minimum atomic E-state index is -3.98. The fourth-order valence-corrected chi connectivity index (χ4v) is 6.97. The predicted octanol–water partition coefficient (Wildman–Crippen LogP) is 3.73. The third kappa shape index (κ3) is 8.52. The summed E-state index contributed by atoms with van der Waals surface area (Å²) in [6.07, 6.45) is 7.51. The first-order valence-electron chi connectivity index (χ1n) is 16.9. The SMILES string of the molecule is CC(C)S(=O)(=O)NC(=O)[C@@]12C[C@H]1/C=C\CCCCC[C@H](NC(=O)OC(C)(C)C)C(=O)N1C[C@H](Oc3nccc4ccccc34)C[C@H]1C(=O)N2. The van der Waals surface area contributed by atoms with Crippen LogP contribution in [0.25, 0.3) is 10.8 Å². The van der Waals surface area contributed by atoms with Crippen LogP contribution in [0.2, 0.25) is 0 Å². The minimum absolute atomic E-state index is 0.0125. The van der Waals surface area contributed by atoms with Crippen molar-refractivity contribution in [2.45, 2.75) is 114 Å². The van der Waals surface area contributed by atoms with E-state index >= 15 is 0 Å². The van der Waals surface area contributed by atoms with Crippen molar-refractivity contribution in [1.82, 2.24) is 25.2 Å². The van der Waals surface area contributed by atoms with Crippen molar-refractivity contribution in [3.05, 3.63) is 48.7 Å². The van der Waals surface area contributed by atoms with Gasteiger partial charge in [-0.15, -0.1) is 0 Å². The molecule has 1 aromatic heterocycles. The molecule has 1 saturated heterocycles. The van der Waals surface area contributed by atoms with E-state index in [9.17, 15) is 27.6 Å². The summed E-state index contributed by atoms with van der Waals surface area (Å²) in [5, 5.41) is 6.39. The Morgan fingerprint density at radius 3 is 2.59 bits per heavy atom. The summed E-state index contributed by atoms with van der Waals surface area (Å²) in [5.74, 6) is -2.00. The minimum Gasteiger partial charge on any atom is -0.472 e. The van der Waals surface area contributed by atoms with Gasteiger partial charge in [0, 0.05) is 23.9 Å². The molecule has 0 radical (unpaired) electrons. The Labute approximate surface area is 287 Å². The zero-order valence-electron chi connectivity index (χ0n) is 28.7. The molecule has 14 heteroatoms. The Balaban J connectivity index is 1.47. The van der Waals surface area contributed by atoms with Crippen LogP contribution in [0.3, 0.4) is 0 Å². The summed E-state index contributed by atoms with van der Waals surface area (Å²) in [5.41, 5.74) is -2.30. The van der Waals surface area contributed by atoms with E-state index in [0.29, 0.717) is 25.1 Å². The molecule has 1 saturated carbocycles. The summed E-state index contributed by atoms with van der Waals surface area (Å²) in [4.78, 5) is 60.8. The second-order valence-electron chi connectivity index (χ2n) is 14.4. The first kappa shape index (κ1) is 36.1. The van der Waals surface area contributed by atoms with Gasteiger partial charge in [-0.25, -0.2) is 18.2 Å². The Morgan fingerprint density at radius 1 is 1.10 bits per heavy atom. The molecule has 3 aliphatic rings. The standard InChI is InChI=1S/C35H47N5O8S/c1-22(2)49(45,46)39-32(43)35-20-24(35)14-9-7-6-8-10-16-27(37-33(44)48-34(3,4)5)31(42)40-21-25(19-28(40)29(41)38-35)47-30-26-15-12-11-13-23(26)17-18-36-30/h9,11-15,17-18,22,24-25,27-28H,6-8,10,16,19-21H2,1-5H3,(H,37,44)(H,38,41)(H,39,43)/b14-9-/t24-,25-,27+,28+,35-/m1/s1. The largest absolute Gasteiger partial charge is 0.472 e. The molecule has 1 aromatic carbocycles. The number of ether oxygens (including phenoxy) is 2. The van der Waals surface area contributed by atoms with Gasteiger partial charge >= 0.3 is 6.09 Å². The molecule has 3 N–H and O–H groups in total. The molecule has 2 fully saturated rings. The lowest BCUT2D eigenvalue weighted by Gasteiger charge is -2.30. The first-order chi connectivity index (χ1) is 23.1. The fourth-order valence-electron chi connectivity index (χ4n) is 6.30. The van der Waals surface area contributed by atoms with Crippen molar-refractivity contribution in [2.75, 3.05) is 6.54 Å². The molecule has 266 valence electrons. The number of aromatic nitrogens is 1. The van der Waals surface area contributed by atoms with Gasteiger partial charge in [-0.1, -0.05) is 43.2 Å². The molecule has 49 heavy (non-hydrogen) atoms. The molecule has 13 nitrogen and oxygen atoms in total. The zero-order chi connectivity index (χ0) is 35.6. The lowest BCUT2D eigenvalue weighted by Crippen LogP contribution is -2.58. The molecule has 2 aliphatic heterocycles. The highest BCUT2D eigenvalue weighted by Crippen LogP contribution is 2.46. The van der Waals surface area contributed by atoms with Gasteiger partial charge in [0.25, 0.3) is 5.91 Å². The lowest BCUT2D eigenvalue weighted by atomic mass is 10.0.